The van der Waals surface area contributed by atoms with Crippen molar-refractivity contribution < 1.29 is 18.7 Å². The van der Waals surface area contributed by atoms with Gasteiger partial charge in [-0.15, -0.1) is 0 Å². The Labute approximate surface area is 115 Å². The van der Waals surface area contributed by atoms with Crippen molar-refractivity contribution in [2.45, 2.75) is 20.3 Å². The summed E-state index contributed by atoms with van der Waals surface area (Å²) < 4.78 is 11.1. The van der Waals surface area contributed by atoms with E-state index in [1.54, 1.807) is 26.0 Å². The molecule has 0 saturated carbocycles. The van der Waals surface area contributed by atoms with Crippen molar-refractivity contribution in [3.8, 4) is 5.75 Å². The van der Waals surface area contributed by atoms with Gasteiger partial charge in [-0.1, -0.05) is 0 Å². The van der Waals surface area contributed by atoms with Crippen LogP contribution in [0.1, 0.15) is 28.3 Å². The lowest BCUT2D eigenvalue weighted by molar-refractivity contribution is 0.0987. The van der Waals surface area contributed by atoms with Gasteiger partial charge >= 0.3 is 0 Å². The van der Waals surface area contributed by atoms with Gasteiger partial charge in [-0.3, -0.25) is 4.79 Å². The normalized spacial score (nSPS) is 11.6. The van der Waals surface area contributed by atoms with Gasteiger partial charge in [-0.05, 0) is 32.5 Å². The number of rotatable bonds is 3. The summed E-state index contributed by atoms with van der Waals surface area (Å²) in [4.78, 5) is 12.3. The number of aromatic hydroxyl groups is 1. The zero-order chi connectivity index (χ0) is 14.4. The molecule has 0 aliphatic carbocycles. The highest BCUT2D eigenvalue weighted by atomic mass is 16.4. The lowest BCUT2D eigenvalue weighted by atomic mass is 10.0. The first-order chi connectivity index (χ1) is 9.52. The minimum atomic E-state index is -0.113. The number of nitrogens with two attached hydrogens (primary N) is 1. The van der Waals surface area contributed by atoms with Crippen molar-refractivity contribution in [3.63, 3.8) is 0 Å². The zero-order valence-corrected chi connectivity index (χ0v) is 11.3. The predicted molar refractivity (Wildman–Crippen MR) is 75.1 cm³/mol. The number of phenols is 1. The van der Waals surface area contributed by atoms with Crippen molar-refractivity contribution in [3.05, 3.63) is 29.2 Å². The maximum Gasteiger partial charge on any atom is 0.177 e. The van der Waals surface area contributed by atoms with Gasteiger partial charge < -0.3 is 19.7 Å². The molecule has 3 N–H and O–H groups in total. The van der Waals surface area contributed by atoms with Crippen LogP contribution in [-0.2, 0) is 0 Å². The molecule has 0 radical (unpaired) electrons. The molecule has 5 nitrogen and oxygen atoms in total. The largest absolute Gasteiger partial charge is 0.504 e. The molecular weight excluding hydrogens is 258 g/mol. The summed E-state index contributed by atoms with van der Waals surface area (Å²) in [5, 5.41) is 11.3. The molecule has 104 valence electrons. The van der Waals surface area contributed by atoms with E-state index in [9.17, 15) is 9.90 Å². The van der Waals surface area contributed by atoms with Crippen LogP contribution in [0.5, 0.6) is 5.75 Å². The van der Waals surface area contributed by atoms with Gasteiger partial charge in [0.15, 0.2) is 17.1 Å². The number of hydrogen-bond acceptors (Lipinski definition) is 5. The van der Waals surface area contributed by atoms with Crippen LogP contribution in [0.2, 0.25) is 0 Å². The lowest BCUT2D eigenvalue weighted by Crippen LogP contribution is -2.08. The summed E-state index contributed by atoms with van der Waals surface area (Å²) in [5.41, 5.74) is 6.62. The molecule has 3 aromatic rings. The molecule has 0 bridgehead atoms. The second-order valence-electron chi connectivity index (χ2n) is 4.89. The Morgan fingerprint density at radius 1 is 1.15 bits per heavy atom. The summed E-state index contributed by atoms with van der Waals surface area (Å²) in [6, 6.07) is 3.43. The summed E-state index contributed by atoms with van der Waals surface area (Å²) in [6.45, 7) is 3.80. The maximum absolute atomic E-state index is 12.3. The topological polar surface area (TPSA) is 89.6 Å². The standard InChI is InChI=1S/C15H15NO4/c1-7-5-9-12(11(17)3-4-16)14-10(6-8(2)19-14)13(18)15(9)20-7/h5-6,18H,3-4,16H2,1-2H3. The number of furan rings is 2. The van der Waals surface area contributed by atoms with Crippen LogP contribution < -0.4 is 5.73 Å². The first kappa shape index (κ1) is 12.7. The first-order valence-corrected chi connectivity index (χ1v) is 6.41. The van der Waals surface area contributed by atoms with Crippen molar-refractivity contribution in [1.29, 1.82) is 0 Å². The number of carbonyl (C=O) groups is 1. The maximum atomic E-state index is 12.3. The van der Waals surface area contributed by atoms with Crippen LogP contribution >= 0.6 is 0 Å². The molecule has 3 rings (SSSR count). The van der Waals surface area contributed by atoms with Crippen LogP contribution in [0.25, 0.3) is 21.9 Å². The highest BCUT2D eigenvalue weighted by Gasteiger charge is 2.24. The zero-order valence-electron chi connectivity index (χ0n) is 11.3. The van der Waals surface area contributed by atoms with E-state index in [0.717, 1.165) is 0 Å². The molecule has 5 heteroatoms. The Morgan fingerprint density at radius 3 is 2.40 bits per heavy atom. The molecule has 0 fully saturated rings. The predicted octanol–water partition coefficient (Wildman–Crippen LogP) is 3.03. The van der Waals surface area contributed by atoms with Crippen molar-refractivity contribution in [2.75, 3.05) is 6.54 Å². The third-order valence-electron chi connectivity index (χ3n) is 3.33. The summed E-state index contributed by atoms with van der Waals surface area (Å²) in [7, 11) is 0. The molecule has 0 spiro atoms. The number of carbonyl (C=O) groups excluding carboxylic acids is 1. The number of aryl methyl sites for hydroxylation is 2. The van der Waals surface area contributed by atoms with Crippen LogP contribution in [0.15, 0.2) is 21.0 Å². The molecule has 2 heterocycles. The van der Waals surface area contributed by atoms with E-state index in [2.05, 4.69) is 0 Å². The number of phenolic OH excluding ortho intramolecular Hbond substituents is 1. The molecule has 0 amide bonds. The van der Waals surface area contributed by atoms with Gasteiger partial charge in [-0.25, -0.2) is 0 Å². The van der Waals surface area contributed by atoms with Crippen molar-refractivity contribution in [2.24, 2.45) is 5.73 Å². The van der Waals surface area contributed by atoms with Crippen LogP contribution in [0, 0.1) is 13.8 Å². The molecular formula is C15H15NO4. The number of fused-ring (bicyclic) bond motifs is 2. The number of ketones is 1. The van der Waals surface area contributed by atoms with E-state index < -0.39 is 0 Å². The number of benzene rings is 1. The van der Waals surface area contributed by atoms with Gasteiger partial charge in [0, 0.05) is 11.8 Å². The van der Waals surface area contributed by atoms with Gasteiger partial charge in [0.2, 0.25) is 0 Å². The highest BCUT2D eigenvalue weighted by molar-refractivity contribution is 6.19. The molecule has 0 aliphatic rings. The Hall–Kier alpha value is -2.27. The van der Waals surface area contributed by atoms with Gasteiger partial charge in [0.25, 0.3) is 0 Å². The third kappa shape index (κ3) is 1.71. The van der Waals surface area contributed by atoms with Crippen LogP contribution in [-0.4, -0.2) is 17.4 Å². The molecule has 0 saturated heterocycles. The molecule has 0 atom stereocenters. The third-order valence-corrected chi connectivity index (χ3v) is 3.33. The Bertz CT molecular complexity index is 768. The van der Waals surface area contributed by atoms with Crippen molar-refractivity contribution in [1.82, 2.24) is 0 Å². The molecule has 0 unspecified atom stereocenters. The van der Waals surface area contributed by atoms with Gasteiger partial charge in [0.05, 0.1) is 10.9 Å². The van der Waals surface area contributed by atoms with E-state index in [1.165, 1.54) is 0 Å². The fraction of sp³-hybridized carbons (Fsp3) is 0.267. The minimum Gasteiger partial charge on any atom is -0.504 e. The average molecular weight is 273 g/mol. The summed E-state index contributed by atoms with van der Waals surface area (Å²) in [6.07, 6.45) is 0.221. The van der Waals surface area contributed by atoms with E-state index in [4.69, 9.17) is 14.6 Å². The Balaban J connectivity index is 2.48. The SMILES string of the molecule is Cc1cc2c(C(=O)CCN)c3oc(C)cc3c(O)c2o1. The van der Waals surface area contributed by atoms with Crippen LogP contribution in [0.4, 0.5) is 0 Å². The summed E-state index contributed by atoms with van der Waals surface area (Å²) in [5.74, 6) is 1.14. The van der Waals surface area contributed by atoms with E-state index in [0.29, 0.717) is 39.0 Å². The fourth-order valence-electron chi connectivity index (χ4n) is 2.53. The fourth-order valence-corrected chi connectivity index (χ4v) is 2.53. The molecule has 2 aromatic heterocycles. The quantitative estimate of drug-likeness (QED) is 0.716. The molecule has 20 heavy (non-hydrogen) atoms. The Morgan fingerprint density at radius 2 is 1.75 bits per heavy atom. The smallest absolute Gasteiger partial charge is 0.177 e. The number of hydrogen-bond donors (Lipinski definition) is 2. The van der Waals surface area contributed by atoms with E-state index in [-0.39, 0.29) is 24.5 Å². The molecule has 0 aliphatic heterocycles. The highest BCUT2D eigenvalue weighted by Crippen LogP contribution is 2.40. The Kier molecular flexibility index (Phi) is 2.79. The van der Waals surface area contributed by atoms with Gasteiger partial charge in [-0.2, -0.15) is 0 Å². The first-order valence-electron chi connectivity index (χ1n) is 6.41. The van der Waals surface area contributed by atoms with Gasteiger partial charge in [0.1, 0.15) is 17.1 Å². The van der Waals surface area contributed by atoms with Crippen molar-refractivity contribution >= 4 is 27.7 Å². The second kappa shape index (κ2) is 4.38. The van der Waals surface area contributed by atoms with Crippen LogP contribution in [0.3, 0.4) is 0 Å². The lowest BCUT2D eigenvalue weighted by Gasteiger charge is -2.04. The number of Topliss-reactive ketones (excluding diaryl/α,β-unsaturated/α-hetero) is 1. The van der Waals surface area contributed by atoms with E-state index in [1.807, 2.05) is 0 Å². The second-order valence-corrected chi connectivity index (χ2v) is 4.89. The molecule has 1 aromatic carbocycles. The monoisotopic (exact) mass is 273 g/mol. The minimum absolute atomic E-state index is 0.00393. The summed E-state index contributed by atoms with van der Waals surface area (Å²) >= 11 is 0. The van der Waals surface area contributed by atoms with E-state index >= 15 is 0 Å². The average Bonchev–Trinajstić information content (AvgIpc) is 2.93.